The number of aliphatic hydroxyl groups excluding tert-OH is 10. The number of hydrogen-bond donors (Lipinski definition) is 10. The van der Waals surface area contributed by atoms with Gasteiger partial charge in [0, 0.05) is 114 Å². The maximum Gasteiger partial charge on any atom is 0.180 e. The van der Waals surface area contributed by atoms with Crippen molar-refractivity contribution in [1.29, 1.82) is 0 Å². The van der Waals surface area contributed by atoms with Gasteiger partial charge in [-0.3, -0.25) is 0 Å². The molecule has 12 unspecified atom stereocenters. The normalized spacial score (nSPS) is 18.2. The molecular weight excluding hydrogens is 857 g/mol. The molecule has 14 atom stereocenters. The predicted octanol–water partition coefficient (Wildman–Crippen LogP) is 4.98. The molecule has 0 heterocycles. The van der Waals surface area contributed by atoms with E-state index in [0.29, 0.717) is 25.7 Å². The molecule has 16 heteroatoms. The molecule has 66 heavy (non-hydrogen) atoms. The van der Waals surface area contributed by atoms with E-state index in [1.807, 2.05) is 84.9 Å². The van der Waals surface area contributed by atoms with E-state index < -0.39 is 30.7 Å². The molecule has 0 aromatic carbocycles. The number of rotatable bonds is 32. The SMILES string of the molecule is CCC(OC)C(C)[C@@H](O)CC(O)C(C)/C=C/C=C(\C)CC(CC(CO)OC)OC.CCC(OC)C(C)[C@@H](O)CC(O)C(C)/C=C/C=C(\C)CCCC(OC)C(O)OC.CO.CO.CO.CO. The average Bonchev–Trinajstić information content (AvgIpc) is 3.34. The molecule has 16 nitrogen and oxygen atoms in total. The fourth-order valence-corrected chi connectivity index (χ4v) is 6.82. The van der Waals surface area contributed by atoms with E-state index in [-0.39, 0.29) is 60.8 Å². The summed E-state index contributed by atoms with van der Waals surface area (Å²) in [4.78, 5) is 0. The maximum atomic E-state index is 10.4. The van der Waals surface area contributed by atoms with Crippen molar-refractivity contribution >= 4 is 0 Å². The van der Waals surface area contributed by atoms with Crippen LogP contribution in [-0.4, -0.2) is 190 Å². The van der Waals surface area contributed by atoms with Gasteiger partial charge in [0.05, 0.1) is 55.4 Å². The summed E-state index contributed by atoms with van der Waals surface area (Å²) < 4.78 is 31.6. The molecule has 0 radical (unpaired) electrons. The van der Waals surface area contributed by atoms with Crippen molar-refractivity contribution in [2.24, 2.45) is 23.7 Å². The number of aliphatic hydroxyl groups is 10. The Hall–Kier alpha value is -1.68. The number of allylic oxidation sites excluding steroid dienone is 5. The molecule has 0 saturated heterocycles. The Morgan fingerprint density at radius 2 is 0.864 bits per heavy atom. The van der Waals surface area contributed by atoms with Gasteiger partial charge >= 0.3 is 0 Å². The van der Waals surface area contributed by atoms with Crippen LogP contribution < -0.4 is 0 Å². The highest BCUT2D eigenvalue weighted by atomic mass is 16.6. The minimum atomic E-state index is -0.902. The summed E-state index contributed by atoms with van der Waals surface area (Å²) in [6.45, 7) is 15.9. The molecule has 0 aliphatic carbocycles. The highest BCUT2D eigenvalue weighted by Gasteiger charge is 2.28. The van der Waals surface area contributed by atoms with Gasteiger partial charge in [-0.25, -0.2) is 0 Å². The van der Waals surface area contributed by atoms with Crippen LogP contribution in [0.2, 0.25) is 0 Å². The zero-order valence-electron chi connectivity index (χ0n) is 44.5. The first-order valence-electron chi connectivity index (χ1n) is 23.1. The zero-order chi connectivity index (χ0) is 52.8. The van der Waals surface area contributed by atoms with E-state index >= 15 is 0 Å². The van der Waals surface area contributed by atoms with Gasteiger partial charge in [0.2, 0.25) is 0 Å². The Morgan fingerprint density at radius 3 is 1.18 bits per heavy atom. The molecule has 0 fully saturated rings. The summed E-state index contributed by atoms with van der Waals surface area (Å²) in [7, 11) is 13.6. The predicted molar refractivity (Wildman–Crippen MR) is 266 cm³/mol. The van der Waals surface area contributed by atoms with Gasteiger partial charge in [0.15, 0.2) is 6.29 Å². The second kappa shape index (κ2) is 52.7. The van der Waals surface area contributed by atoms with E-state index in [1.54, 1.807) is 35.5 Å². The Labute approximate surface area is 402 Å². The fourth-order valence-electron chi connectivity index (χ4n) is 6.82. The van der Waals surface area contributed by atoms with Crippen molar-refractivity contribution < 1.29 is 79.5 Å². The zero-order valence-corrected chi connectivity index (χ0v) is 44.5. The molecule has 0 bridgehead atoms. The van der Waals surface area contributed by atoms with Crippen LogP contribution in [-0.2, 0) is 28.4 Å². The standard InChI is InChI=1S/2C23H44O6.4CH4O/c1-8-21(27-5)18(4)20(25)15-19(24)17(3)13-9-11-16(2)12-10-14-22(28-6)23(26)29-7;1-8-23(29-7)18(4)22(26)14-21(25)17(3)11-9-10-16(2)12-19(27-5)13-20(15-24)28-6;4*1-2/h9,11,13,17-26H,8,10,12,14-15H2,1-7H3;9-11,17-26H,8,12-15H2,1-7H3;4*2H,1H3/b13-9+,16-11+;11-9+,16-10+;;;;/t17?,18?,19?,20-,21?,22?,23?;17?,18?,19?,20?,21?,22-,23?;;;;/m00..../s1. The van der Waals surface area contributed by atoms with Gasteiger partial charge in [0.1, 0.15) is 6.10 Å². The fraction of sp³-hybridized carbons (Fsp3) is 0.840. The highest BCUT2D eigenvalue weighted by molar-refractivity contribution is 5.13. The lowest BCUT2D eigenvalue weighted by molar-refractivity contribution is -0.156. The van der Waals surface area contributed by atoms with Crippen LogP contribution in [0.4, 0.5) is 0 Å². The molecule has 0 aliphatic rings. The van der Waals surface area contributed by atoms with Gasteiger partial charge in [-0.2, -0.15) is 0 Å². The van der Waals surface area contributed by atoms with Crippen LogP contribution in [0.15, 0.2) is 47.6 Å². The summed E-state index contributed by atoms with van der Waals surface area (Å²) in [5.41, 5.74) is 2.35. The molecule has 400 valence electrons. The summed E-state index contributed by atoms with van der Waals surface area (Å²) in [5.74, 6) is -0.184. The largest absolute Gasteiger partial charge is 0.400 e. The van der Waals surface area contributed by atoms with Gasteiger partial charge in [0.25, 0.3) is 0 Å². The first kappa shape index (κ1) is 75.8. The van der Waals surface area contributed by atoms with Crippen molar-refractivity contribution in [2.45, 2.75) is 174 Å². The summed E-state index contributed by atoms with van der Waals surface area (Å²) in [6, 6.07) is 0. The lowest BCUT2D eigenvalue weighted by Crippen LogP contribution is -2.34. The molecule has 10 N–H and O–H groups in total. The van der Waals surface area contributed by atoms with Crippen molar-refractivity contribution in [3.63, 3.8) is 0 Å². The molecule has 0 rings (SSSR count). The first-order valence-corrected chi connectivity index (χ1v) is 23.1. The number of methoxy groups -OCH3 is 6. The summed E-state index contributed by atoms with van der Waals surface area (Å²) in [6.07, 6.45) is 14.1. The number of ether oxygens (including phenoxy) is 6. The Balaban J connectivity index is -0.000000236. The van der Waals surface area contributed by atoms with E-state index in [0.717, 1.165) is 66.1 Å². The quantitative estimate of drug-likeness (QED) is 0.0315. The second-order valence-electron chi connectivity index (χ2n) is 16.0. The minimum absolute atomic E-state index is 0.00339. The van der Waals surface area contributed by atoms with Crippen molar-refractivity contribution in [1.82, 2.24) is 0 Å². The number of hydrogen-bond acceptors (Lipinski definition) is 16. The second-order valence-corrected chi connectivity index (χ2v) is 16.0. The molecule has 0 aliphatic heterocycles. The van der Waals surface area contributed by atoms with Gasteiger partial charge in [-0.1, -0.05) is 89.1 Å². The third kappa shape index (κ3) is 38.2. The molecular formula is C50H104O16. The van der Waals surface area contributed by atoms with Crippen molar-refractivity contribution in [2.75, 3.05) is 77.7 Å². The highest BCUT2D eigenvalue weighted by Crippen LogP contribution is 2.23. The van der Waals surface area contributed by atoms with Crippen LogP contribution in [0.5, 0.6) is 0 Å². The molecule has 0 aromatic heterocycles. The van der Waals surface area contributed by atoms with E-state index in [2.05, 4.69) is 6.92 Å². The Morgan fingerprint density at radius 1 is 0.485 bits per heavy atom. The Bertz CT molecular complexity index is 1090. The average molecular weight is 961 g/mol. The van der Waals surface area contributed by atoms with E-state index in [1.165, 1.54) is 12.7 Å². The summed E-state index contributed by atoms with van der Waals surface area (Å²) in [5, 5.41) is 88.6. The van der Waals surface area contributed by atoms with Gasteiger partial charge in [-0.15, -0.1) is 0 Å². The lowest BCUT2D eigenvalue weighted by atomic mass is 9.89. The van der Waals surface area contributed by atoms with E-state index in [4.69, 9.17) is 48.8 Å². The van der Waals surface area contributed by atoms with E-state index in [9.17, 15) is 30.6 Å². The van der Waals surface area contributed by atoms with Gasteiger partial charge in [-0.05, 0) is 52.4 Å². The smallest absolute Gasteiger partial charge is 0.180 e. The molecule has 0 amide bonds. The van der Waals surface area contributed by atoms with Crippen LogP contribution in [0.25, 0.3) is 0 Å². The minimum Gasteiger partial charge on any atom is -0.400 e. The maximum absolute atomic E-state index is 10.4. The molecule has 0 saturated carbocycles. The van der Waals surface area contributed by atoms with Gasteiger partial charge < -0.3 is 79.5 Å². The Kier molecular flexibility index (Phi) is 60.5. The van der Waals surface area contributed by atoms with Crippen molar-refractivity contribution in [3.8, 4) is 0 Å². The lowest BCUT2D eigenvalue weighted by Gasteiger charge is -2.28. The molecule has 0 aromatic rings. The molecule has 0 spiro atoms. The van der Waals surface area contributed by atoms with Crippen LogP contribution in [0.3, 0.4) is 0 Å². The monoisotopic (exact) mass is 961 g/mol. The first-order chi connectivity index (χ1) is 31.4. The van der Waals surface area contributed by atoms with Crippen molar-refractivity contribution in [3.05, 3.63) is 47.6 Å². The topological polar surface area (TPSA) is 258 Å². The summed E-state index contributed by atoms with van der Waals surface area (Å²) >= 11 is 0. The van der Waals surface area contributed by atoms with Crippen LogP contribution in [0, 0.1) is 23.7 Å². The van der Waals surface area contributed by atoms with Crippen LogP contribution in [0.1, 0.15) is 113 Å². The third-order valence-corrected chi connectivity index (χ3v) is 11.4. The third-order valence-electron chi connectivity index (χ3n) is 11.4. The van der Waals surface area contributed by atoms with Crippen LogP contribution >= 0.6 is 0 Å².